The van der Waals surface area contributed by atoms with Crippen LogP contribution in [0, 0.1) is 11.3 Å². The molecule has 0 saturated heterocycles. The number of hydrogen-bond acceptors (Lipinski definition) is 5. The minimum Gasteiger partial charge on any atom is -0.480 e. The number of halogens is 3. The van der Waals surface area contributed by atoms with Gasteiger partial charge in [0, 0.05) is 10.7 Å². The van der Waals surface area contributed by atoms with E-state index in [1.165, 1.54) is 13.2 Å². The summed E-state index contributed by atoms with van der Waals surface area (Å²) in [5, 5.41) is 12.4. The van der Waals surface area contributed by atoms with Gasteiger partial charge in [-0.15, -0.1) is 0 Å². The van der Waals surface area contributed by atoms with E-state index in [4.69, 9.17) is 16.3 Å². The summed E-state index contributed by atoms with van der Waals surface area (Å²) < 4.78 is 11.0. The normalized spacial score (nSPS) is 10.8. The Morgan fingerprint density at radius 1 is 1.25 bits per heavy atom. The molecule has 2 aromatic rings. The molecule has 0 bridgehead atoms. The zero-order valence-corrected chi connectivity index (χ0v) is 18.4. The van der Waals surface area contributed by atoms with E-state index in [1.54, 1.807) is 36.4 Å². The van der Waals surface area contributed by atoms with Crippen molar-refractivity contribution in [3.05, 3.63) is 61.5 Å². The molecule has 0 aliphatic rings. The van der Waals surface area contributed by atoms with E-state index in [2.05, 4.69) is 41.9 Å². The zero-order chi connectivity index (χ0) is 20.7. The minimum atomic E-state index is -0.567. The fourth-order valence-corrected chi connectivity index (χ4v) is 3.71. The number of nitrogens with one attached hydrogen (secondary N) is 1. The molecule has 0 aliphatic carbocycles. The molecule has 0 atom stereocenters. The number of rotatable bonds is 6. The summed E-state index contributed by atoms with van der Waals surface area (Å²) in [5.74, 6) is -0.695. The van der Waals surface area contributed by atoms with Gasteiger partial charge in [0.05, 0.1) is 16.1 Å². The van der Waals surface area contributed by atoms with E-state index in [0.717, 1.165) is 0 Å². The van der Waals surface area contributed by atoms with E-state index in [0.29, 0.717) is 31.0 Å². The molecule has 0 heterocycles. The molecule has 0 saturated carbocycles. The van der Waals surface area contributed by atoms with E-state index < -0.39 is 11.9 Å². The van der Waals surface area contributed by atoms with Gasteiger partial charge in [0.15, 0.2) is 6.61 Å². The Morgan fingerprint density at radius 3 is 2.50 bits per heavy atom. The van der Waals surface area contributed by atoms with E-state index in [-0.39, 0.29) is 12.2 Å². The Labute approximate surface area is 183 Å². The van der Waals surface area contributed by atoms with Crippen molar-refractivity contribution in [3.63, 3.8) is 0 Å². The topological polar surface area (TPSA) is 88.4 Å². The highest BCUT2D eigenvalue weighted by Crippen LogP contribution is 2.35. The van der Waals surface area contributed by atoms with Crippen molar-refractivity contribution in [2.24, 2.45) is 0 Å². The summed E-state index contributed by atoms with van der Waals surface area (Å²) in [7, 11) is 1.27. The number of ether oxygens (including phenoxy) is 2. The number of hydrogen-bond donors (Lipinski definition) is 1. The van der Waals surface area contributed by atoms with Gasteiger partial charge in [0.25, 0.3) is 5.91 Å². The standard InChI is InChI=1S/C19H13Br2ClN2O4/c1-27-17(25)10-28-18-15(20)6-11(7-16(18)21)5-12(9-23)19(26)24-14-4-2-3-13(22)8-14/h2-8H,10H2,1H3,(H,24,26)/b12-5+. The molecule has 9 heteroatoms. The maximum atomic E-state index is 12.4. The van der Waals surface area contributed by atoms with Crippen molar-refractivity contribution in [2.75, 3.05) is 19.0 Å². The second-order valence-corrected chi connectivity index (χ2v) is 7.46. The number of carbonyl (C=O) groups is 2. The monoisotopic (exact) mass is 526 g/mol. The number of esters is 1. The van der Waals surface area contributed by atoms with Crippen LogP contribution in [0.25, 0.3) is 6.08 Å². The lowest BCUT2D eigenvalue weighted by Gasteiger charge is -2.10. The molecule has 6 nitrogen and oxygen atoms in total. The smallest absolute Gasteiger partial charge is 0.343 e. The Bertz CT molecular complexity index is 963. The van der Waals surface area contributed by atoms with Crippen molar-refractivity contribution in [2.45, 2.75) is 0 Å². The first kappa shape index (κ1) is 22.0. The molecule has 144 valence electrons. The quantitative estimate of drug-likeness (QED) is 0.325. The van der Waals surface area contributed by atoms with Crippen molar-refractivity contribution in [3.8, 4) is 11.8 Å². The van der Waals surface area contributed by atoms with E-state index in [1.807, 2.05) is 6.07 Å². The minimum absolute atomic E-state index is 0.0954. The maximum absolute atomic E-state index is 12.4. The summed E-state index contributed by atoms with van der Waals surface area (Å²) in [6.45, 7) is -0.256. The van der Waals surface area contributed by atoms with Crippen LogP contribution in [0.5, 0.6) is 5.75 Å². The van der Waals surface area contributed by atoms with Crippen molar-refractivity contribution >= 4 is 67.1 Å². The van der Waals surface area contributed by atoms with Gasteiger partial charge in [-0.3, -0.25) is 4.79 Å². The summed E-state index contributed by atoms with van der Waals surface area (Å²) in [4.78, 5) is 23.6. The van der Waals surface area contributed by atoms with Gasteiger partial charge < -0.3 is 14.8 Å². The zero-order valence-electron chi connectivity index (χ0n) is 14.5. The second-order valence-electron chi connectivity index (χ2n) is 5.31. The van der Waals surface area contributed by atoms with Crippen LogP contribution < -0.4 is 10.1 Å². The Morgan fingerprint density at radius 2 is 1.93 bits per heavy atom. The largest absolute Gasteiger partial charge is 0.480 e. The summed E-state index contributed by atoms with van der Waals surface area (Å²) in [6, 6.07) is 11.8. The van der Waals surface area contributed by atoms with E-state index in [9.17, 15) is 14.9 Å². The average molecular weight is 529 g/mol. The third-order valence-electron chi connectivity index (χ3n) is 3.34. The molecule has 0 spiro atoms. The van der Waals surface area contributed by atoms with Gasteiger partial charge in [-0.2, -0.15) is 5.26 Å². The first-order valence-electron chi connectivity index (χ1n) is 7.71. The number of nitrogens with zero attached hydrogens (tertiary/aromatic N) is 1. The Balaban J connectivity index is 2.22. The van der Waals surface area contributed by atoms with Gasteiger partial charge >= 0.3 is 5.97 Å². The summed E-state index contributed by atoms with van der Waals surface area (Å²) in [5.41, 5.74) is 0.955. The Kier molecular flexibility index (Phi) is 8.05. The van der Waals surface area contributed by atoms with Crippen LogP contribution in [-0.2, 0) is 14.3 Å². The van der Waals surface area contributed by atoms with Crippen molar-refractivity contribution < 1.29 is 19.1 Å². The van der Waals surface area contributed by atoms with Gasteiger partial charge in [0.1, 0.15) is 17.4 Å². The lowest BCUT2D eigenvalue weighted by molar-refractivity contribution is -0.142. The first-order valence-corrected chi connectivity index (χ1v) is 9.67. The van der Waals surface area contributed by atoms with Gasteiger partial charge in [-0.25, -0.2) is 4.79 Å². The summed E-state index contributed by atoms with van der Waals surface area (Å²) in [6.07, 6.45) is 1.43. The molecule has 0 aromatic heterocycles. The lowest BCUT2D eigenvalue weighted by Crippen LogP contribution is -2.13. The molecule has 2 aromatic carbocycles. The van der Waals surface area contributed by atoms with Crippen LogP contribution >= 0.6 is 43.5 Å². The third-order valence-corrected chi connectivity index (χ3v) is 4.75. The number of amides is 1. The summed E-state index contributed by atoms with van der Waals surface area (Å²) >= 11 is 12.6. The van der Waals surface area contributed by atoms with Crippen LogP contribution in [-0.4, -0.2) is 25.6 Å². The van der Waals surface area contributed by atoms with Crippen LogP contribution in [0.3, 0.4) is 0 Å². The molecule has 28 heavy (non-hydrogen) atoms. The molecule has 1 amide bonds. The third kappa shape index (κ3) is 6.09. The molecule has 1 N–H and O–H groups in total. The number of anilines is 1. The number of benzene rings is 2. The number of methoxy groups -OCH3 is 1. The molecular formula is C19H13Br2ClN2O4. The van der Waals surface area contributed by atoms with Gasteiger partial charge in [-0.05, 0) is 73.8 Å². The molecule has 0 aliphatic heterocycles. The fourth-order valence-electron chi connectivity index (χ4n) is 2.07. The molecular weight excluding hydrogens is 515 g/mol. The van der Waals surface area contributed by atoms with Crippen LogP contribution in [0.1, 0.15) is 5.56 Å². The highest BCUT2D eigenvalue weighted by atomic mass is 79.9. The maximum Gasteiger partial charge on any atom is 0.343 e. The van der Waals surface area contributed by atoms with Gasteiger partial charge in [-0.1, -0.05) is 17.7 Å². The number of carbonyl (C=O) groups excluding carboxylic acids is 2. The lowest BCUT2D eigenvalue weighted by atomic mass is 10.1. The first-order chi connectivity index (χ1) is 13.3. The molecule has 2 rings (SSSR count). The van der Waals surface area contributed by atoms with Crippen molar-refractivity contribution in [1.82, 2.24) is 0 Å². The fraction of sp³-hybridized carbons (Fsp3) is 0.105. The van der Waals surface area contributed by atoms with Gasteiger partial charge in [0.2, 0.25) is 0 Å². The highest BCUT2D eigenvalue weighted by molar-refractivity contribution is 9.11. The van der Waals surface area contributed by atoms with E-state index >= 15 is 0 Å². The second kappa shape index (κ2) is 10.3. The molecule has 0 unspecified atom stereocenters. The number of nitriles is 1. The predicted molar refractivity (Wildman–Crippen MR) is 113 cm³/mol. The average Bonchev–Trinajstić information content (AvgIpc) is 2.65. The van der Waals surface area contributed by atoms with Crippen molar-refractivity contribution in [1.29, 1.82) is 5.26 Å². The Hall–Kier alpha value is -2.34. The molecule has 0 radical (unpaired) electrons. The highest BCUT2D eigenvalue weighted by Gasteiger charge is 2.14. The predicted octanol–water partition coefficient (Wildman–Crippen LogP) is 4.96. The SMILES string of the molecule is COC(=O)COc1c(Br)cc(/C=C(\C#N)C(=O)Nc2cccc(Cl)c2)cc1Br. The van der Waals surface area contributed by atoms with Crippen LogP contribution in [0.15, 0.2) is 50.9 Å². The van der Waals surface area contributed by atoms with Crippen LogP contribution in [0.4, 0.5) is 5.69 Å². The van der Waals surface area contributed by atoms with Crippen LogP contribution in [0.2, 0.25) is 5.02 Å². The molecule has 0 fully saturated rings.